The number of likely N-dealkylation sites (N-methyl/N-ethyl adjacent to an activating group) is 1. The normalized spacial score (nSPS) is 25.1. The van der Waals surface area contributed by atoms with Gasteiger partial charge < -0.3 is 14.4 Å². The molecule has 0 bridgehead atoms. The van der Waals surface area contributed by atoms with Gasteiger partial charge in [-0.05, 0) is 56.1 Å². The molecule has 2 aromatic rings. The van der Waals surface area contributed by atoms with E-state index in [9.17, 15) is 0 Å². The molecule has 26 heavy (non-hydrogen) atoms. The lowest BCUT2D eigenvalue weighted by molar-refractivity contribution is 0.247. The quantitative estimate of drug-likeness (QED) is 0.738. The first kappa shape index (κ1) is 17.2. The summed E-state index contributed by atoms with van der Waals surface area (Å²) in [5, 5.41) is 0. The smallest absolute Gasteiger partial charge is 0.161 e. The number of likely N-dealkylation sites (tertiary alicyclic amines) is 1. The lowest BCUT2D eigenvalue weighted by Crippen LogP contribution is -2.41. The van der Waals surface area contributed by atoms with E-state index in [2.05, 4.69) is 54.4 Å². The first-order valence-corrected chi connectivity index (χ1v) is 9.46. The number of hydrogen-bond donors (Lipinski definition) is 0. The molecule has 0 aromatic heterocycles. The molecule has 0 saturated carbocycles. The minimum atomic E-state index is 0.101. The van der Waals surface area contributed by atoms with Crippen LogP contribution in [0.2, 0.25) is 0 Å². The van der Waals surface area contributed by atoms with Gasteiger partial charge in [0.1, 0.15) is 6.61 Å². The van der Waals surface area contributed by atoms with Crippen LogP contribution in [0.15, 0.2) is 60.7 Å². The van der Waals surface area contributed by atoms with Crippen LogP contribution in [0.25, 0.3) is 0 Å². The molecule has 0 spiro atoms. The number of methoxy groups -OCH3 is 1. The molecule has 0 unspecified atom stereocenters. The highest BCUT2D eigenvalue weighted by Crippen LogP contribution is 2.47. The van der Waals surface area contributed by atoms with Gasteiger partial charge in [-0.25, -0.2) is 0 Å². The maximum atomic E-state index is 6.15. The van der Waals surface area contributed by atoms with Crippen molar-refractivity contribution in [3.05, 3.63) is 71.8 Å². The zero-order chi connectivity index (χ0) is 18.0. The van der Waals surface area contributed by atoms with Crippen molar-refractivity contribution in [3.63, 3.8) is 0 Å². The van der Waals surface area contributed by atoms with E-state index in [1.165, 1.54) is 18.4 Å². The van der Waals surface area contributed by atoms with E-state index in [0.717, 1.165) is 30.0 Å². The lowest BCUT2D eigenvalue weighted by atomic mass is 9.70. The van der Waals surface area contributed by atoms with E-state index >= 15 is 0 Å². The van der Waals surface area contributed by atoms with Crippen molar-refractivity contribution in [1.29, 1.82) is 0 Å². The molecule has 2 aromatic carbocycles. The number of benzene rings is 2. The second kappa shape index (κ2) is 7.16. The number of ether oxygens (including phenoxy) is 2. The molecule has 1 fully saturated rings. The molecule has 1 aliphatic carbocycles. The largest absolute Gasteiger partial charge is 0.493 e. The van der Waals surface area contributed by atoms with Crippen molar-refractivity contribution >= 4 is 0 Å². The minimum Gasteiger partial charge on any atom is -0.493 e. The van der Waals surface area contributed by atoms with Crippen LogP contribution < -0.4 is 9.47 Å². The fourth-order valence-corrected chi connectivity index (χ4v) is 4.54. The SMILES string of the molecule is COc1ccc([C@@]23C=CCC[C@@H]2N(C)CC3)cc1OCc1ccccc1. The van der Waals surface area contributed by atoms with Crippen molar-refractivity contribution < 1.29 is 9.47 Å². The Balaban J connectivity index is 1.65. The van der Waals surface area contributed by atoms with Crippen molar-refractivity contribution in [2.45, 2.75) is 37.3 Å². The number of hydrogen-bond acceptors (Lipinski definition) is 3. The third kappa shape index (κ3) is 3.01. The first-order chi connectivity index (χ1) is 12.7. The van der Waals surface area contributed by atoms with Gasteiger partial charge in [0.2, 0.25) is 0 Å². The maximum absolute atomic E-state index is 6.15. The average Bonchev–Trinajstić information content (AvgIpc) is 3.05. The number of nitrogens with zero attached hydrogens (tertiary/aromatic N) is 1. The second-order valence-electron chi connectivity index (χ2n) is 7.41. The number of allylic oxidation sites excluding steroid dienone is 1. The molecule has 1 heterocycles. The summed E-state index contributed by atoms with van der Waals surface area (Å²) in [4.78, 5) is 2.51. The Kier molecular flexibility index (Phi) is 4.73. The predicted octanol–water partition coefficient (Wildman–Crippen LogP) is 4.57. The van der Waals surface area contributed by atoms with Crippen LogP contribution in [0.4, 0.5) is 0 Å². The Morgan fingerprint density at radius 1 is 1.12 bits per heavy atom. The molecular weight excluding hydrogens is 322 g/mol. The monoisotopic (exact) mass is 349 g/mol. The van der Waals surface area contributed by atoms with Gasteiger partial charge >= 0.3 is 0 Å². The van der Waals surface area contributed by atoms with E-state index in [4.69, 9.17) is 9.47 Å². The fourth-order valence-electron chi connectivity index (χ4n) is 4.54. The van der Waals surface area contributed by atoms with Gasteiger partial charge in [0, 0.05) is 11.5 Å². The van der Waals surface area contributed by atoms with Crippen LogP contribution in [-0.2, 0) is 12.0 Å². The zero-order valence-corrected chi connectivity index (χ0v) is 15.7. The topological polar surface area (TPSA) is 21.7 Å². The Labute approximate surface area is 156 Å². The Morgan fingerprint density at radius 2 is 1.96 bits per heavy atom. The lowest BCUT2D eigenvalue weighted by Gasteiger charge is -2.38. The predicted molar refractivity (Wildman–Crippen MR) is 105 cm³/mol. The third-order valence-electron chi connectivity index (χ3n) is 5.97. The fraction of sp³-hybridized carbons (Fsp3) is 0.391. The second-order valence-corrected chi connectivity index (χ2v) is 7.41. The molecule has 136 valence electrons. The van der Waals surface area contributed by atoms with Gasteiger partial charge in [0.25, 0.3) is 0 Å². The van der Waals surface area contributed by atoms with E-state index in [0.29, 0.717) is 12.6 Å². The van der Waals surface area contributed by atoms with Crippen molar-refractivity contribution in [2.75, 3.05) is 20.7 Å². The summed E-state index contributed by atoms with van der Waals surface area (Å²) < 4.78 is 11.7. The van der Waals surface area contributed by atoms with Crippen LogP contribution in [0.3, 0.4) is 0 Å². The minimum absolute atomic E-state index is 0.101. The summed E-state index contributed by atoms with van der Waals surface area (Å²) in [6.07, 6.45) is 8.34. The van der Waals surface area contributed by atoms with Crippen LogP contribution in [0.1, 0.15) is 30.4 Å². The highest BCUT2D eigenvalue weighted by Gasteiger charge is 2.46. The Hall–Kier alpha value is -2.26. The summed E-state index contributed by atoms with van der Waals surface area (Å²) in [6.45, 7) is 1.69. The van der Waals surface area contributed by atoms with E-state index in [-0.39, 0.29) is 5.41 Å². The molecule has 4 rings (SSSR count). The van der Waals surface area contributed by atoms with Crippen molar-refractivity contribution in [1.82, 2.24) is 4.90 Å². The van der Waals surface area contributed by atoms with Crippen molar-refractivity contribution in [2.24, 2.45) is 0 Å². The molecule has 0 N–H and O–H groups in total. The van der Waals surface area contributed by atoms with Crippen LogP contribution in [0, 0.1) is 0 Å². The van der Waals surface area contributed by atoms with E-state index in [1.54, 1.807) is 7.11 Å². The van der Waals surface area contributed by atoms with Crippen LogP contribution >= 0.6 is 0 Å². The van der Waals surface area contributed by atoms with Gasteiger partial charge in [-0.2, -0.15) is 0 Å². The summed E-state index contributed by atoms with van der Waals surface area (Å²) in [6, 6.07) is 17.3. The number of fused-ring (bicyclic) bond motifs is 1. The van der Waals surface area contributed by atoms with Gasteiger partial charge in [-0.1, -0.05) is 48.6 Å². The summed E-state index contributed by atoms with van der Waals surface area (Å²) in [7, 11) is 3.96. The molecule has 1 saturated heterocycles. The molecular formula is C23H27NO2. The highest BCUT2D eigenvalue weighted by molar-refractivity contribution is 5.48. The Morgan fingerprint density at radius 3 is 2.77 bits per heavy atom. The summed E-state index contributed by atoms with van der Waals surface area (Å²) in [5.41, 5.74) is 2.60. The molecule has 0 amide bonds. The highest BCUT2D eigenvalue weighted by atomic mass is 16.5. The summed E-state index contributed by atoms with van der Waals surface area (Å²) >= 11 is 0. The molecule has 1 aliphatic heterocycles. The average molecular weight is 349 g/mol. The maximum Gasteiger partial charge on any atom is 0.161 e. The number of rotatable bonds is 5. The van der Waals surface area contributed by atoms with Crippen LogP contribution in [-0.4, -0.2) is 31.6 Å². The van der Waals surface area contributed by atoms with Gasteiger partial charge in [0.05, 0.1) is 7.11 Å². The molecule has 0 radical (unpaired) electrons. The Bertz CT molecular complexity index is 786. The van der Waals surface area contributed by atoms with E-state index in [1.807, 2.05) is 18.2 Å². The van der Waals surface area contributed by atoms with Gasteiger partial charge in [-0.3, -0.25) is 0 Å². The van der Waals surface area contributed by atoms with Gasteiger partial charge in [0.15, 0.2) is 11.5 Å². The standard InChI is InChI=1S/C23H27NO2/c1-24-15-14-23(13-7-6-10-22(23)24)19-11-12-20(25-2)21(16-19)26-17-18-8-4-3-5-9-18/h3-5,7-9,11-13,16,22H,6,10,14-15,17H2,1-2H3/t22-,23-/m0/s1. The molecule has 2 aliphatic rings. The zero-order valence-electron chi connectivity index (χ0n) is 15.7. The van der Waals surface area contributed by atoms with Crippen LogP contribution in [0.5, 0.6) is 11.5 Å². The summed E-state index contributed by atoms with van der Waals surface area (Å²) in [5.74, 6) is 1.62. The first-order valence-electron chi connectivity index (χ1n) is 9.46. The molecule has 3 nitrogen and oxygen atoms in total. The third-order valence-corrected chi connectivity index (χ3v) is 5.97. The van der Waals surface area contributed by atoms with E-state index < -0.39 is 0 Å². The van der Waals surface area contributed by atoms with Crippen molar-refractivity contribution in [3.8, 4) is 11.5 Å². The molecule has 2 atom stereocenters. The molecule has 3 heteroatoms. The van der Waals surface area contributed by atoms with Gasteiger partial charge in [-0.15, -0.1) is 0 Å².